The van der Waals surface area contributed by atoms with E-state index in [4.69, 9.17) is 5.26 Å². The van der Waals surface area contributed by atoms with Crippen LogP contribution < -0.4 is 0 Å². The number of hydrogen-bond donors (Lipinski definition) is 0. The zero-order chi connectivity index (χ0) is 18.6. The summed E-state index contributed by atoms with van der Waals surface area (Å²) in [4.78, 5) is 0. The van der Waals surface area contributed by atoms with E-state index in [0.29, 0.717) is 0 Å². The van der Waals surface area contributed by atoms with Crippen molar-refractivity contribution >= 4 is 0 Å². The Morgan fingerprint density at radius 3 is 1.92 bits per heavy atom. The van der Waals surface area contributed by atoms with E-state index in [1.54, 1.807) is 6.07 Å². The molecule has 0 aliphatic heterocycles. The highest BCUT2D eigenvalue weighted by Gasteiger charge is 2.30. The van der Waals surface area contributed by atoms with Gasteiger partial charge < -0.3 is 0 Å². The number of allylic oxidation sites excluding steroid dienone is 2. The van der Waals surface area contributed by atoms with Gasteiger partial charge in [-0.05, 0) is 68.3 Å². The van der Waals surface area contributed by atoms with Gasteiger partial charge in [-0.15, -0.1) is 0 Å². The number of unbranched alkanes of at least 4 members (excludes halogenated alkanes) is 4. The first-order chi connectivity index (χ1) is 12.7. The number of rotatable bonds is 10. The molecule has 2 aliphatic carbocycles. The second-order valence-corrected chi connectivity index (χ2v) is 9.01. The fraction of sp³-hybridized carbons (Fsp3) is 0.875. The molecule has 0 bridgehead atoms. The minimum Gasteiger partial charge on any atom is -0.195 e. The minimum atomic E-state index is -0.610. The predicted molar refractivity (Wildman–Crippen MR) is 108 cm³/mol. The molecule has 2 fully saturated rings. The lowest BCUT2D eigenvalue weighted by Crippen LogP contribution is -2.25. The first-order valence-electron chi connectivity index (χ1n) is 11.5. The fourth-order valence-electron chi connectivity index (χ4n) is 5.42. The van der Waals surface area contributed by atoms with Gasteiger partial charge in [-0.2, -0.15) is 9.65 Å². The molecule has 0 aromatic carbocycles. The summed E-state index contributed by atoms with van der Waals surface area (Å²) in [5.74, 6) is 3.12. The number of nitrogens with zero attached hydrogens (tertiary/aromatic N) is 1. The van der Waals surface area contributed by atoms with Gasteiger partial charge in [-0.25, -0.2) is 0 Å². The van der Waals surface area contributed by atoms with Gasteiger partial charge in [0, 0.05) is 0 Å². The number of hydrogen-bond acceptors (Lipinski definition) is 1. The van der Waals surface area contributed by atoms with Crippen LogP contribution in [0.15, 0.2) is 11.9 Å². The van der Waals surface area contributed by atoms with Crippen LogP contribution in [-0.2, 0) is 0 Å². The topological polar surface area (TPSA) is 23.8 Å². The van der Waals surface area contributed by atoms with E-state index >= 15 is 0 Å². The predicted octanol–water partition coefficient (Wildman–Crippen LogP) is 8.12. The summed E-state index contributed by atoms with van der Waals surface area (Å²) in [6, 6.07) is 1.57. The lowest BCUT2D eigenvalue weighted by molar-refractivity contribution is 0.140. The second-order valence-electron chi connectivity index (χ2n) is 9.01. The van der Waals surface area contributed by atoms with Gasteiger partial charge in [0.2, 0.25) is 0 Å². The molecule has 0 amide bonds. The summed E-state index contributed by atoms with van der Waals surface area (Å²) in [7, 11) is 0. The highest BCUT2D eigenvalue weighted by atomic mass is 19.1. The van der Waals surface area contributed by atoms with Crippen LogP contribution in [0.5, 0.6) is 0 Å². The van der Waals surface area contributed by atoms with Crippen LogP contribution in [0.3, 0.4) is 0 Å². The highest BCUT2D eigenvalue weighted by molar-refractivity contribution is 5.11. The van der Waals surface area contributed by atoms with Gasteiger partial charge in [-0.3, -0.25) is 0 Å². The molecule has 26 heavy (non-hydrogen) atoms. The molecule has 0 saturated heterocycles. The lowest BCUT2D eigenvalue weighted by Gasteiger charge is -2.38. The maximum absolute atomic E-state index is 12.9. The smallest absolute Gasteiger partial charge is 0.195 e. The Kier molecular flexibility index (Phi) is 10.3. The van der Waals surface area contributed by atoms with Crippen LogP contribution in [0.4, 0.5) is 4.39 Å². The Hall–Kier alpha value is -0.840. The average molecular weight is 362 g/mol. The zero-order valence-electron chi connectivity index (χ0n) is 17.0. The van der Waals surface area contributed by atoms with E-state index in [0.717, 1.165) is 36.5 Å². The Labute approximate surface area is 161 Å². The van der Waals surface area contributed by atoms with E-state index < -0.39 is 5.83 Å². The summed E-state index contributed by atoms with van der Waals surface area (Å²) in [5.41, 5.74) is 0. The molecule has 0 aromatic heterocycles. The lowest BCUT2D eigenvalue weighted by atomic mass is 9.68. The maximum atomic E-state index is 12.9. The van der Waals surface area contributed by atoms with Crippen molar-refractivity contribution < 1.29 is 4.39 Å². The summed E-state index contributed by atoms with van der Waals surface area (Å²) in [6.07, 6.45) is 23.2. The van der Waals surface area contributed by atoms with Crippen molar-refractivity contribution in [2.75, 3.05) is 0 Å². The molecule has 0 aromatic rings. The fourth-order valence-corrected chi connectivity index (χ4v) is 5.42. The molecule has 2 rings (SSSR count). The molecule has 0 heterocycles. The van der Waals surface area contributed by atoms with Crippen molar-refractivity contribution in [3.8, 4) is 6.07 Å². The molecular formula is C24H40FN. The summed E-state index contributed by atoms with van der Waals surface area (Å²) in [5, 5.41) is 8.46. The number of halogens is 1. The van der Waals surface area contributed by atoms with Crippen molar-refractivity contribution in [1.82, 2.24) is 0 Å². The number of nitriles is 1. The molecule has 0 atom stereocenters. The standard InChI is InChI=1S/C24H40FN/c1-2-3-4-5-6-8-20-11-15-22(16-12-20)23-17-13-21(14-18-23)9-7-10-24(25)19-26/h10,20-23H,2-9,11-18H2,1H3/b24-10-/t20-,21?,22-,23?. The van der Waals surface area contributed by atoms with E-state index in [2.05, 4.69) is 6.92 Å². The van der Waals surface area contributed by atoms with Gasteiger partial charge in [-0.1, -0.05) is 71.1 Å². The molecule has 0 unspecified atom stereocenters. The van der Waals surface area contributed by atoms with Crippen molar-refractivity contribution in [2.24, 2.45) is 23.7 Å². The van der Waals surface area contributed by atoms with Crippen LogP contribution in [0, 0.1) is 35.0 Å². The first kappa shape index (κ1) is 21.5. The maximum Gasteiger partial charge on any atom is 0.196 e. The third-order valence-electron chi connectivity index (χ3n) is 7.17. The second kappa shape index (κ2) is 12.5. The van der Waals surface area contributed by atoms with E-state index in [9.17, 15) is 4.39 Å². The summed E-state index contributed by atoms with van der Waals surface area (Å²) in [6.45, 7) is 2.29. The Balaban J connectivity index is 1.56. The highest BCUT2D eigenvalue weighted by Crippen LogP contribution is 2.43. The van der Waals surface area contributed by atoms with E-state index in [1.807, 2.05) is 0 Å². The van der Waals surface area contributed by atoms with Crippen LogP contribution in [0.25, 0.3) is 0 Å². The van der Waals surface area contributed by atoms with Crippen LogP contribution in [0.1, 0.15) is 110 Å². The van der Waals surface area contributed by atoms with Gasteiger partial charge in [0.15, 0.2) is 5.83 Å². The van der Waals surface area contributed by atoms with Gasteiger partial charge in [0.25, 0.3) is 0 Å². The van der Waals surface area contributed by atoms with Crippen LogP contribution in [0.2, 0.25) is 0 Å². The van der Waals surface area contributed by atoms with Gasteiger partial charge in [0.05, 0.1) is 0 Å². The van der Waals surface area contributed by atoms with Crippen LogP contribution in [-0.4, -0.2) is 0 Å². The van der Waals surface area contributed by atoms with E-state index in [-0.39, 0.29) is 0 Å². The largest absolute Gasteiger partial charge is 0.196 e. The van der Waals surface area contributed by atoms with Crippen molar-refractivity contribution in [3.63, 3.8) is 0 Å². The zero-order valence-corrected chi connectivity index (χ0v) is 17.0. The molecule has 0 radical (unpaired) electrons. The summed E-state index contributed by atoms with van der Waals surface area (Å²) >= 11 is 0. The third-order valence-corrected chi connectivity index (χ3v) is 7.17. The normalized spacial score (nSPS) is 30.1. The molecule has 148 valence electrons. The van der Waals surface area contributed by atoms with Crippen molar-refractivity contribution in [3.05, 3.63) is 11.9 Å². The monoisotopic (exact) mass is 361 g/mol. The van der Waals surface area contributed by atoms with Gasteiger partial charge >= 0.3 is 0 Å². The van der Waals surface area contributed by atoms with Crippen molar-refractivity contribution in [1.29, 1.82) is 5.26 Å². The Bertz CT molecular complexity index is 434. The molecule has 2 saturated carbocycles. The van der Waals surface area contributed by atoms with Crippen molar-refractivity contribution in [2.45, 2.75) is 110 Å². The first-order valence-corrected chi connectivity index (χ1v) is 11.5. The van der Waals surface area contributed by atoms with E-state index in [1.165, 1.54) is 96.0 Å². The van der Waals surface area contributed by atoms with Gasteiger partial charge in [0.1, 0.15) is 6.07 Å². The SMILES string of the molecule is CCCCCCC[C@H]1CC[C@H](C2CCC(CC/C=C(\F)C#N)CC2)CC1. The molecular weight excluding hydrogens is 321 g/mol. The minimum absolute atomic E-state index is 0.610. The van der Waals surface area contributed by atoms with Crippen LogP contribution >= 0.6 is 0 Å². The molecule has 0 N–H and O–H groups in total. The summed E-state index contributed by atoms with van der Waals surface area (Å²) < 4.78 is 12.9. The third kappa shape index (κ3) is 7.81. The average Bonchev–Trinajstić information content (AvgIpc) is 2.69. The molecule has 0 spiro atoms. The molecule has 1 nitrogen and oxygen atoms in total. The Morgan fingerprint density at radius 2 is 1.38 bits per heavy atom. The molecule has 2 aliphatic rings. The molecule has 2 heteroatoms. The quantitative estimate of drug-likeness (QED) is 0.285. The Morgan fingerprint density at radius 1 is 0.846 bits per heavy atom.